The van der Waals surface area contributed by atoms with Crippen molar-refractivity contribution in [1.82, 2.24) is 0 Å². The van der Waals surface area contributed by atoms with Gasteiger partial charge in [0.2, 0.25) is 0 Å². The summed E-state index contributed by atoms with van der Waals surface area (Å²) in [7, 11) is 0. The molecule has 0 aliphatic heterocycles. The number of benzene rings is 2. The summed E-state index contributed by atoms with van der Waals surface area (Å²) in [5, 5.41) is 0. The normalized spacial score (nSPS) is 13.4. The first kappa shape index (κ1) is 15.2. The summed E-state index contributed by atoms with van der Waals surface area (Å²) in [6.45, 7) is 3.49. The number of rotatable bonds is 6. The van der Waals surface area contributed by atoms with Gasteiger partial charge >= 0.3 is 0 Å². The molecule has 0 heterocycles. The van der Waals surface area contributed by atoms with Crippen molar-refractivity contribution in [2.24, 2.45) is 5.92 Å². The summed E-state index contributed by atoms with van der Waals surface area (Å²) in [5.74, 6) is -0.0997. The van der Waals surface area contributed by atoms with Crippen LogP contribution in [0.15, 0.2) is 60.7 Å². The van der Waals surface area contributed by atoms with E-state index in [1.54, 1.807) is 6.92 Å². The Balaban J connectivity index is 2.28. The van der Waals surface area contributed by atoms with Crippen molar-refractivity contribution in [2.75, 3.05) is 0 Å². The van der Waals surface area contributed by atoms with E-state index in [2.05, 4.69) is 0 Å². The van der Waals surface area contributed by atoms with Crippen molar-refractivity contribution in [1.29, 1.82) is 0 Å². The van der Waals surface area contributed by atoms with Crippen molar-refractivity contribution >= 4 is 11.6 Å². The van der Waals surface area contributed by atoms with Crippen LogP contribution in [0.4, 0.5) is 0 Å². The molecule has 0 fully saturated rings. The van der Waals surface area contributed by atoms with Crippen LogP contribution in [0.1, 0.15) is 42.1 Å². The molecule has 2 rings (SSSR count). The fraction of sp³-hybridized carbons (Fsp3) is 0.263. The van der Waals surface area contributed by atoms with Gasteiger partial charge in [-0.1, -0.05) is 67.6 Å². The van der Waals surface area contributed by atoms with E-state index < -0.39 is 0 Å². The Kier molecular flexibility index (Phi) is 5.04. The highest BCUT2D eigenvalue weighted by atomic mass is 16.1. The zero-order valence-electron chi connectivity index (χ0n) is 12.5. The number of carbonyl (C=O) groups is 2. The van der Waals surface area contributed by atoms with Crippen LogP contribution < -0.4 is 0 Å². The summed E-state index contributed by atoms with van der Waals surface area (Å²) >= 11 is 0. The minimum absolute atomic E-state index is 0.0728. The first-order chi connectivity index (χ1) is 10.1. The number of Topliss-reactive ketones (excluding diaryl/α,β-unsaturated/α-hetero) is 2. The Labute approximate surface area is 125 Å². The fourth-order valence-corrected chi connectivity index (χ4v) is 2.64. The van der Waals surface area contributed by atoms with Crippen LogP contribution in [0.3, 0.4) is 0 Å². The number of ketones is 2. The molecule has 0 saturated heterocycles. The molecule has 2 heteroatoms. The lowest BCUT2D eigenvalue weighted by Gasteiger charge is -2.22. The number of hydrogen-bond acceptors (Lipinski definition) is 2. The molecule has 2 nitrogen and oxygen atoms in total. The lowest BCUT2D eigenvalue weighted by atomic mass is 9.80. The first-order valence-electron chi connectivity index (χ1n) is 7.23. The molecule has 0 radical (unpaired) electrons. The maximum absolute atomic E-state index is 12.6. The molecular formula is C19H20O2. The molecule has 0 aliphatic rings. The standard InChI is InChI=1S/C19H20O2/c1-14(20)13-18(16-9-5-3-6-10-16)15(2)19(21)17-11-7-4-8-12-17/h3-12,15,18H,13H2,1-2H3. The number of carbonyl (C=O) groups excluding carboxylic acids is 2. The highest BCUT2D eigenvalue weighted by Gasteiger charge is 2.27. The van der Waals surface area contributed by atoms with Crippen LogP contribution in [0.2, 0.25) is 0 Å². The van der Waals surface area contributed by atoms with Crippen molar-refractivity contribution in [3.63, 3.8) is 0 Å². The van der Waals surface area contributed by atoms with Crippen molar-refractivity contribution in [3.8, 4) is 0 Å². The van der Waals surface area contributed by atoms with E-state index in [0.29, 0.717) is 12.0 Å². The first-order valence-corrected chi connectivity index (χ1v) is 7.23. The fourth-order valence-electron chi connectivity index (χ4n) is 2.64. The second-order valence-electron chi connectivity index (χ2n) is 5.44. The molecule has 2 unspecified atom stereocenters. The van der Waals surface area contributed by atoms with Crippen LogP contribution in [0.25, 0.3) is 0 Å². The van der Waals surface area contributed by atoms with Gasteiger partial charge in [-0.2, -0.15) is 0 Å². The monoisotopic (exact) mass is 280 g/mol. The Hall–Kier alpha value is -2.22. The van der Waals surface area contributed by atoms with Crippen molar-refractivity contribution < 1.29 is 9.59 Å². The van der Waals surface area contributed by atoms with Gasteiger partial charge in [0.1, 0.15) is 5.78 Å². The zero-order chi connectivity index (χ0) is 15.2. The van der Waals surface area contributed by atoms with Crippen LogP contribution in [0, 0.1) is 5.92 Å². The van der Waals surface area contributed by atoms with Gasteiger partial charge in [-0.25, -0.2) is 0 Å². The van der Waals surface area contributed by atoms with Crippen LogP contribution in [-0.2, 0) is 4.79 Å². The SMILES string of the molecule is CC(=O)CC(c1ccccc1)C(C)C(=O)c1ccccc1. The predicted molar refractivity (Wildman–Crippen MR) is 84.4 cm³/mol. The van der Waals surface area contributed by atoms with E-state index in [-0.39, 0.29) is 23.4 Å². The molecular weight excluding hydrogens is 260 g/mol. The van der Waals surface area contributed by atoms with Gasteiger partial charge < -0.3 is 4.79 Å². The third kappa shape index (κ3) is 3.88. The van der Waals surface area contributed by atoms with Gasteiger partial charge in [-0.15, -0.1) is 0 Å². The molecule has 21 heavy (non-hydrogen) atoms. The second kappa shape index (κ2) is 6.98. The van der Waals surface area contributed by atoms with Gasteiger partial charge in [0.15, 0.2) is 5.78 Å². The molecule has 0 amide bonds. The Morgan fingerprint density at radius 1 is 0.905 bits per heavy atom. The van der Waals surface area contributed by atoms with Gasteiger partial charge in [-0.05, 0) is 12.5 Å². The minimum atomic E-state index is -0.223. The molecule has 0 bridgehead atoms. The lowest BCUT2D eigenvalue weighted by molar-refractivity contribution is -0.117. The molecule has 0 saturated carbocycles. The third-order valence-electron chi connectivity index (χ3n) is 3.81. The molecule has 0 aliphatic carbocycles. The molecule has 2 aromatic carbocycles. The van der Waals surface area contributed by atoms with E-state index in [1.807, 2.05) is 67.6 Å². The Morgan fingerprint density at radius 3 is 1.95 bits per heavy atom. The highest BCUT2D eigenvalue weighted by molar-refractivity contribution is 5.98. The Bertz CT molecular complexity index is 602. The number of hydrogen-bond donors (Lipinski definition) is 0. The lowest BCUT2D eigenvalue weighted by Crippen LogP contribution is -2.21. The van der Waals surface area contributed by atoms with Crippen molar-refractivity contribution in [2.45, 2.75) is 26.2 Å². The van der Waals surface area contributed by atoms with E-state index in [1.165, 1.54) is 0 Å². The molecule has 2 atom stereocenters. The Morgan fingerprint density at radius 2 is 1.43 bits per heavy atom. The van der Waals surface area contributed by atoms with Crippen LogP contribution in [-0.4, -0.2) is 11.6 Å². The summed E-state index contributed by atoms with van der Waals surface area (Å²) < 4.78 is 0. The highest BCUT2D eigenvalue weighted by Crippen LogP contribution is 2.30. The average Bonchev–Trinajstić information content (AvgIpc) is 2.53. The summed E-state index contributed by atoms with van der Waals surface area (Å²) in [4.78, 5) is 24.2. The van der Waals surface area contributed by atoms with Gasteiger partial charge in [0, 0.05) is 23.8 Å². The molecule has 0 aromatic heterocycles. The largest absolute Gasteiger partial charge is 0.300 e. The van der Waals surface area contributed by atoms with Gasteiger partial charge in [0.05, 0.1) is 0 Å². The van der Waals surface area contributed by atoms with E-state index >= 15 is 0 Å². The quantitative estimate of drug-likeness (QED) is 0.741. The van der Waals surface area contributed by atoms with Gasteiger partial charge in [0.25, 0.3) is 0 Å². The zero-order valence-corrected chi connectivity index (χ0v) is 12.5. The smallest absolute Gasteiger partial charge is 0.166 e. The van der Waals surface area contributed by atoms with Gasteiger partial charge in [-0.3, -0.25) is 4.79 Å². The van der Waals surface area contributed by atoms with Crippen LogP contribution >= 0.6 is 0 Å². The van der Waals surface area contributed by atoms with E-state index in [0.717, 1.165) is 5.56 Å². The second-order valence-corrected chi connectivity index (χ2v) is 5.44. The molecule has 0 N–H and O–H groups in total. The third-order valence-corrected chi connectivity index (χ3v) is 3.81. The maximum Gasteiger partial charge on any atom is 0.166 e. The topological polar surface area (TPSA) is 34.1 Å². The minimum Gasteiger partial charge on any atom is -0.300 e. The van der Waals surface area contributed by atoms with Crippen LogP contribution in [0.5, 0.6) is 0 Å². The van der Waals surface area contributed by atoms with E-state index in [9.17, 15) is 9.59 Å². The molecule has 108 valence electrons. The van der Waals surface area contributed by atoms with Crippen molar-refractivity contribution in [3.05, 3.63) is 71.8 Å². The summed E-state index contributed by atoms with van der Waals surface area (Å²) in [6.07, 6.45) is 0.393. The molecule has 2 aromatic rings. The van der Waals surface area contributed by atoms with E-state index in [4.69, 9.17) is 0 Å². The maximum atomic E-state index is 12.6. The average molecular weight is 280 g/mol. The summed E-state index contributed by atoms with van der Waals surface area (Å²) in [6, 6.07) is 19.1. The molecule has 0 spiro atoms. The summed E-state index contributed by atoms with van der Waals surface area (Å²) in [5.41, 5.74) is 1.75. The predicted octanol–water partition coefficient (Wildman–Crippen LogP) is 4.27.